The van der Waals surface area contributed by atoms with Crippen LogP contribution in [0.5, 0.6) is 0 Å². The highest BCUT2D eigenvalue weighted by Crippen LogP contribution is 2.09. The fraction of sp³-hybridized carbons (Fsp3) is 0.538. The van der Waals surface area contributed by atoms with Gasteiger partial charge in [-0.05, 0) is 33.8 Å². The molecule has 0 heterocycles. The molecular weight excluding hydrogens is 218 g/mol. The monoisotopic (exact) mass is 239 g/mol. The van der Waals surface area contributed by atoms with E-state index in [0.29, 0.717) is 0 Å². The second-order valence-electron chi connectivity index (χ2n) is 4.62. The maximum Gasteiger partial charge on any atom is 0.410 e. The van der Waals surface area contributed by atoms with Gasteiger partial charge in [-0.15, -0.1) is 6.58 Å². The van der Waals surface area contributed by atoms with Gasteiger partial charge in [0.1, 0.15) is 5.60 Å². The van der Waals surface area contributed by atoms with Crippen molar-refractivity contribution < 1.29 is 14.3 Å². The van der Waals surface area contributed by atoms with Gasteiger partial charge in [0, 0.05) is 6.54 Å². The van der Waals surface area contributed by atoms with Crippen LogP contribution in [0.3, 0.4) is 0 Å². The van der Waals surface area contributed by atoms with Gasteiger partial charge in [-0.25, -0.2) is 4.79 Å². The van der Waals surface area contributed by atoms with Crippen LogP contribution in [0.4, 0.5) is 4.79 Å². The zero-order valence-corrected chi connectivity index (χ0v) is 11.0. The van der Waals surface area contributed by atoms with Crippen molar-refractivity contribution in [1.29, 1.82) is 0 Å². The summed E-state index contributed by atoms with van der Waals surface area (Å²) in [6.07, 6.45) is 4.13. The Morgan fingerprint density at radius 2 is 1.94 bits per heavy atom. The fourth-order valence-electron chi connectivity index (χ4n) is 1.11. The number of carbonyl (C=O) groups is 2. The number of carbonyl (C=O) groups excluding carboxylic acids is 2. The van der Waals surface area contributed by atoms with Crippen molar-refractivity contribution in [2.24, 2.45) is 0 Å². The van der Waals surface area contributed by atoms with Crippen molar-refractivity contribution in [2.75, 3.05) is 13.1 Å². The smallest absolute Gasteiger partial charge is 0.410 e. The van der Waals surface area contributed by atoms with Gasteiger partial charge in [-0.2, -0.15) is 0 Å². The van der Waals surface area contributed by atoms with Gasteiger partial charge >= 0.3 is 6.09 Å². The minimum absolute atomic E-state index is 0.00523. The number of allylic oxidation sites excluding steroid dienone is 1. The van der Waals surface area contributed by atoms with Gasteiger partial charge in [0.15, 0.2) is 5.78 Å². The first-order chi connectivity index (χ1) is 7.80. The quantitative estimate of drug-likeness (QED) is 0.547. The fourth-order valence-corrected chi connectivity index (χ4v) is 1.11. The molecule has 17 heavy (non-hydrogen) atoms. The van der Waals surface area contributed by atoms with E-state index in [-0.39, 0.29) is 18.9 Å². The summed E-state index contributed by atoms with van der Waals surface area (Å²) in [7, 11) is 0. The molecule has 0 unspecified atom stereocenters. The lowest BCUT2D eigenvalue weighted by molar-refractivity contribution is -0.115. The van der Waals surface area contributed by atoms with E-state index in [1.165, 1.54) is 11.0 Å². The van der Waals surface area contributed by atoms with Gasteiger partial charge < -0.3 is 4.74 Å². The highest BCUT2D eigenvalue weighted by atomic mass is 16.6. The van der Waals surface area contributed by atoms with Crippen molar-refractivity contribution in [3.63, 3.8) is 0 Å². The van der Waals surface area contributed by atoms with Crippen LogP contribution in [0.15, 0.2) is 24.8 Å². The van der Waals surface area contributed by atoms with Crippen LogP contribution in [0, 0.1) is 0 Å². The van der Waals surface area contributed by atoms with E-state index < -0.39 is 11.7 Å². The van der Waals surface area contributed by atoms with E-state index in [2.05, 4.69) is 6.58 Å². The molecule has 0 aromatic carbocycles. The van der Waals surface area contributed by atoms with E-state index in [0.717, 1.165) is 0 Å². The molecule has 0 rings (SSSR count). The van der Waals surface area contributed by atoms with Crippen molar-refractivity contribution in [2.45, 2.75) is 33.3 Å². The van der Waals surface area contributed by atoms with Gasteiger partial charge in [0.05, 0.1) is 6.54 Å². The van der Waals surface area contributed by atoms with Crippen molar-refractivity contribution >= 4 is 11.9 Å². The van der Waals surface area contributed by atoms with Crippen LogP contribution in [0.1, 0.15) is 27.7 Å². The molecule has 0 atom stereocenters. The molecule has 0 fully saturated rings. The molecule has 0 aliphatic heterocycles. The summed E-state index contributed by atoms with van der Waals surface area (Å²) in [5, 5.41) is 0. The van der Waals surface area contributed by atoms with Crippen molar-refractivity contribution in [1.82, 2.24) is 4.90 Å². The summed E-state index contributed by atoms with van der Waals surface area (Å²) in [6, 6.07) is 0. The summed E-state index contributed by atoms with van der Waals surface area (Å²) >= 11 is 0. The van der Waals surface area contributed by atoms with Crippen LogP contribution >= 0.6 is 0 Å². The van der Waals surface area contributed by atoms with E-state index in [4.69, 9.17) is 4.74 Å². The number of ketones is 1. The first kappa shape index (κ1) is 15.4. The van der Waals surface area contributed by atoms with E-state index >= 15 is 0 Å². The maximum absolute atomic E-state index is 11.8. The molecule has 0 aromatic rings. The Kier molecular flexibility index (Phi) is 6.25. The average Bonchev–Trinajstić information content (AvgIpc) is 2.14. The third-order valence-electron chi connectivity index (χ3n) is 1.70. The largest absolute Gasteiger partial charge is 0.444 e. The SMILES string of the molecule is C=CCN(CC(=O)/C=C/C)C(=O)OC(C)(C)C. The van der Waals surface area contributed by atoms with E-state index in [9.17, 15) is 9.59 Å². The lowest BCUT2D eigenvalue weighted by Crippen LogP contribution is -2.39. The Bertz CT molecular complexity index is 313. The molecule has 96 valence electrons. The van der Waals surface area contributed by atoms with E-state index in [1.54, 1.807) is 39.8 Å². The molecule has 0 aromatic heterocycles. The number of nitrogens with zero attached hydrogens (tertiary/aromatic N) is 1. The Balaban J connectivity index is 4.56. The second kappa shape index (κ2) is 6.89. The van der Waals surface area contributed by atoms with Crippen LogP contribution < -0.4 is 0 Å². The van der Waals surface area contributed by atoms with E-state index in [1.807, 2.05) is 0 Å². The summed E-state index contributed by atoms with van der Waals surface area (Å²) in [6.45, 7) is 10.9. The number of hydrogen-bond acceptors (Lipinski definition) is 3. The molecule has 0 aliphatic rings. The average molecular weight is 239 g/mol. The predicted molar refractivity (Wildman–Crippen MR) is 67.8 cm³/mol. The molecule has 0 radical (unpaired) electrons. The molecule has 0 bridgehead atoms. The van der Waals surface area contributed by atoms with Gasteiger partial charge in [-0.1, -0.05) is 12.2 Å². The first-order valence-corrected chi connectivity index (χ1v) is 5.54. The Morgan fingerprint density at radius 1 is 1.35 bits per heavy atom. The van der Waals surface area contributed by atoms with Gasteiger partial charge in [0.2, 0.25) is 0 Å². The summed E-state index contributed by atoms with van der Waals surface area (Å²) in [5.41, 5.74) is -0.569. The molecule has 4 heteroatoms. The lowest BCUT2D eigenvalue weighted by atomic mass is 10.2. The Labute approximate surface area is 103 Å². The first-order valence-electron chi connectivity index (χ1n) is 5.54. The third kappa shape index (κ3) is 7.33. The zero-order valence-electron chi connectivity index (χ0n) is 11.0. The van der Waals surface area contributed by atoms with Crippen LogP contribution in [0.2, 0.25) is 0 Å². The molecule has 1 amide bonds. The van der Waals surface area contributed by atoms with Gasteiger partial charge in [-0.3, -0.25) is 9.69 Å². The standard InChI is InChI=1S/C13H21NO3/c1-6-8-11(15)10-14(9-7-2)12(16)17-13(3,4)5/h6-8H,2,9-10H2,1,3-5H3/b8-6+. The molecule has 0 N–H and O–H groups in total. The topological polar surface area (TPSA) is 46.6 Å². The number of rotatable bonds is 5. The van der Waals surface area contributed by atoms with Crippen LogP contribution in [0.25, 0.3) is 0 Å². The molecule has 0 spiro atoms. The van der Waals surface area contributed by atoms with Gasteiger partial charge in [0.25, 0.3) is 0 Å². The number of amides is 1. The highest BCUT2D eigenvalue weighted by Gasteiger charge is 2.22. The Morgan fingerprint density at radius 3 is 2.35 bits per heavy atom. The summed E-state index contributed by atoms with van der Waals surface area (Å²) in [5.74, 6) is -0.139. The molecule has 0 saturated carbocycles. The molecule has 0 saturated heterocycles. The maximum atomic E-state index is 11.8. The number of ether oxygens (including phenoxy) is 1. The second-order valence-corrected chi connectivity index (χ2v) is 4.62. The zero-order chi connectivity index (χ0) is 13.5. The van der Waals surface area contributed by atoms with Crippen LogP contribution in [-0.2, 0) is 9.53 Å². The predicted octanol–water partition coefficient (Wildman–Crippen LogP) is 2.55. The van der Waals surface area contributed by atoms with Crippen molar-refractivity contribution in [3.8, 4) is 0 Å². The van der Waals surface area contributed by atoms with Crippen molar-refractivity contribution in [3.05, 3.63) is 24.8 Å². The Hall–Kier alpha value is -1.58. The molecule has 4 nitrogen and oxygen atoms in total. The molecule has 0 aliphatic carbocycles. The summed E-state index contributed by atoms with van der Waals surface area (Å²) in [4.78, 5) is 24.5. The molecular formula is C13H21NO3. The lowest BCUT2D eigenvalue weighted by Gasteiger charge is -2.25. The summed E-state index contributed by atoms with van der Waals surface area (Å²) < 4.78 is 5.19. The highest BCUT2D eigenvalue weighted by molar-refractivity contribution is 5.93. The van der Waals surface area contributed by atoms with Crippen LogP contribution in [-0.4, -0.2) is 35.5 Å². The third-order valence-corrected chi connectivity index (χ3v) is 1.70. The minimum atomic E-state index is -0.569. The number of hydrogen-bond donors (Lipinski definition) is 0. The normalized spacial score (nSPS) is 11.3. The minimum Gasteiger partial charge on any atom is -0.444 e.